The SMILES string of the molecule is COC(=O)c1ccc(CCNC(=O)C(C)NC(C)=O)cc1. The Labute approximate surface area is 123 Å². The van der Waals surface area contributed by atoms with Crippen LogP contribution in [0, 0.1) is 0 Å². The molecule has 0 bridgehead atoms. The molecule has 0 heterocycles. The van der Waals surface area contributed by atoms with E-state index in [1.54, 1.807) is 19.1 Å². The van der Waals surface area contributed by atoms with Crippen LogP contribution in [0.2, 0.25) is 0 Å². The Bertz CT molecular complexity index is 511. The van der Waals surface area contributed by atoms with Crippen LogP contribution in [0.3, 0.4) is 0 Å². The minimum absolute atomic E-state index is 0.226. The van der Waals surface area contributed by atoms with Gasteiger partial charge in [-0.25, -0.2) is 4.79 Å². The minimum Gasteiger partial charge on any atom is -0.465 e. The van der Waals surface area contributed by atoms with E-state index in [1.165, 1.54) is 14.0 Å². The number of carbonyl (C=O) groups excluding carboxylic acids is 3. The number of methoxy groups -OCH3 is 1. The first kappa shape index (κ1) is 16.7. The average molecular weight is 292 g/mol. The molecule has 0 spiro atoms. The molecule has 6 heteroatoms. The Morgan fingerprint density at radius 3 is 2.33 bits per heavy atom. The van der Waals surface area contributed by atoms with Crippen LogP contribution in [-0.4, -0.2) is 37.5 Å². The van der Waals surface area contributed by atoms with Gasteiger partial charge in [0, 0.05) is 13.5 Å². The molecule has 0 aliphatic carbocycles. The molecule has 0 radical (unpaired) electrons. The van der Waals surface area contributed by atoms with Gasteiger partial charge < -0.3 is 15.4 Å². The maximum atomic E-state index is 11.7. The molecule has 0 aromatic heterocycles. The Morgan fingerprint density at radius 2 is 1.81 bits per heavy atom. The molecule has 2 amide bonds. The van der Waals surface area contributed by atoms with E-state index in [-0.39, 0.29) is 17.8 Å². The van der Waals surface area contributed by atoms with Crippen LogP contribution in [0.4, 0.5) is 0 Å². The van der Waals surface area contributed by atoms with Gasteiger partial charge in [0.15, 0.2) is 0 Å². The van der Waals surface area contributed by atoms with E-state index in [4.69, 9.17) is 0 Å². The zero-order valence-corrected chi connectivity index (χ0v) is 12.4. The van der Waals surface area contributed by atoms with Gasteiger partial charge >= 0.3 is 5.97 Å². The minimum atomic E-state index is -0.552. The molecule has 1 rings (SSSR count). The monoisotopic (exact) mass is 292 g/mol. The quantitative estimate of drug-likeness (QED) is 0.754. The topological polar surface area (TPSA) is 84.5 Å². The number of rotatable bonds is 6. The van der Waals surface area contributed by atoms with Gasteiger partial charge in [-0.1, -0.05) is 12.1 Å². The van der Waals surface area contributed by atoms with E-state index in [0.29, 0.717) is 18.5 Å². The van der Waals surface area contributed by atoms with Crippen LogP contribution >= 0.6 is 0 Å². The molecule has 0 aliphatic heterocycles. The first-order valence-electron chi connectivity index (χ1n) is 6.66. The lowest BCUT2D eigenvalue weighted by Gasteiger charge is -2.12. The predicted octanol–water partition coefficient (Wildman–Crippen LogP) is 0.656. The Hall–Kier alpha value is -2.37. The highest BCUT2D eigenvalue weighted by atomic mass is 16.5. The molecule has 0 saturated heterocycles. The number of carbonyl (C=O) groups is 3. The van der Waals surface area contributed by atoms with Crippen LogP contribution in [0.5, 0.6) is 0 Å². The van der Waals surface area contributed by atoms with Crippen molar-refractivity contribution in [3.05, 3.63) is 35.4 Å². The Kier molecular flexibility index (Phi) is 6.39. The second-order valence-corrected chi connectivity index (χ2v) is 4.65. The summed E-state index contributed by atoms with van der Waals surface area (Å²) in [6.45, 7) is 3.45. The fourth-order valence-electron chi connectivity index (χ4n) is 1.78. The van der Waals surface area contributed by atoms with Crippen molar-refractivity contribution < 1.29 is 19.1 Å². The van der Waals surface area contributed by atoms with Gasteiger partial charge in [-0.2, -0.15) is 0 Å². The summed E-state index contributed by atoms with van der Waals surface area (Å²) in [6.07, 6.45) is 0.639. The van der Waals surface area contributed by atoms with E-state index in [1.807, 2.05) is 12.1 Å². The molecule has 21 heavy (non-hydrogen) atoms. The van der Waals surface area contributed by atoms with Gasteiger partial charge in [0.05, 0.1) is 12.7 Å². The second kappa shape index (κ2) is 8.04. The predicted molar refractivity (Wildman–Crippen MR) is 77.8 cm³/mol. The third-order valence-corrected chi connectivity index (χ3v) is 2.90. The van der Waals surface area contributed by atoms with E-state index >= 15 is 0 Å². The Balaban J connectivity index is 2.40. The van der Waals surface area contributed by atoms with Gasteiger partial charge in [-0.3, -0.25) is 9.59 Å². The van der Waals surface area contributed by atoms with E-state index in [9.17, 15) is 14.4 Å². The number of esters is 1. The molecule has 114 valence electrons. The van der Waals surface area contributed by atoms with Crippen molar-refractivity contribution in [2.45, 2.75) is 26.3 Å². The summed E-state index contributed by atoms with van der Waals surface area (Å²) >= 11 is 0. The van der Waals surface area contributed by atoms with Crippen LogP contribution in [0.15, 0.2) is 24.3 Å². The molecule has 2 N–H and O–H groups in total. The van der Waals surface area contributed by atoms with Gasteiger partial charge in [0.2, 0.25) is 11.8 Å². The summed E-state index contributed by atoms with van der Waals surface area (Å²) in [5.74, 6) is -0.841. The van der Waals surface area contributed by atoms with Crippen molar-refractivity contribution in [3.8, 4) is 0 Å². The van der Waals surface area contributed by atoms with Gasteiger partial charge in [0.1, 0.15) is 6.04 Å². The Morgan fingerprint density at radius 1 is 1.19 bits per heavy atom. The van der Waals surface area contributed by atoms with Crippen molar-refractivity contribution in [2.75, 3.05) is 13.7 Å². The van der Waals surface area contributed by atoms with Crippen molar-refractivity contribution in [1.29, 1.82) is 0 Å². The second-order valence-electron chi connectivity index (χ2n) is 4.65. The summed E-state index contributed by atoms with van der Waals surface area (Å²) in [5.41, 5.74) is 1.49. The highest BCUT2D eigenvalue weighted by Gasteiger charge is 2.12. The molecule has 1 unspecified atom stereocenters. The van der Waals surface area contributed by atoms with E-state index < -0.39 is 6.04 Å². The van der Waals surface area contributed by atoms with Gasteiger partial charge in [-0.15, -0.1) is 0 Å². The first-order valence-corrected chi connectivity index (χ1v) is 6.66. The highest BCUT2D eigenvalue weighted by Crippen LogP contribution is 2.06. The number of benzene rings is 1. The third kappa shape index (κ3) is 5.64. The molecular weight excluding hydrogens is 272 g/mol. The normalized spacial score (nSPS) is 11.4. The van der Waals surface area contributed by atoms with Crippen LogP contribution < -0.4 is 10.6 Å². The smallest absolute Gasteiger partial charge is 0.337 e. The van der Waals surface area contributed by atoms with Crippen LogP contribution in [0.1, 0.15) is 29.8 Å². The summed E-state index contributed by atoms with van der Waals surface area (Å²) in [7, 11) is 1.34. The number of amides is 2. The summed E-state index contributed by atoms with van der Waals surface area (Å²) in [4.78, 5) is 33.8. The molecular formula is C15H20N2O4. The molecule has 1 atom stereocenters. The zero-order valence-electron chi connectivity index (χ0n) is 12.4. The number of ether oxygens (including phenoxy) is 1. The lowest BCUT2D eigenvalue weighted by Crippen LogP contribution is -2.44. The van der Waals surface area contributed by atoms with Gasteiger partial charge in [0.25, 0.3) is 0 Å². The van der Waals surface area contributed by atoms with Crippen molar-refractivity contribution >= 4 is 17.8 Å². The van der Waals surface area contributed by atoms with Crippen LogP contribution in [0.25, 0.3) is 0 Å². The van der Waals surface area contributed by atoms with E-state index in [0.717, 1.165) is 5.56 Å². The number of nitrogens with one attached hydrogen (secondary N) is 2. The summed E-state index contributed by atoms with van der Waals surface area (Å²) in [5, 5.41) is 5.25. The summed E-state index contributed by atoms with van der Waals surface area (Å²) in [6, 6.07) is 6.45. The fourth-order valence-corrected chi connectivity index (χ4v) is 1.78. The molecule has 0 fully saturated rings. The molecule has 0 aliphatic rings. The van der Waals surface area contributed by atoms with Crippen molar-refractivity contribution in [1.82, 2.24) is 10.6 Å². The van der Waals surface area contributed by atoms with Crippen molar-refractivity contribution in [3.63, 3.8) is 0 Å². The lowest BCUT2D eigenvalue weighted by atomic mass is 10.1. The maximum absolute atomic E-state index is 11.7. The van der Waals surface area contributed by atoms with Crippen molar-refractivity contribution in [2.24, 2.45) is 0 Å². The average Bonchev–Trinajstić information content (AvgIpc) is 2.46. The number of hydrogen-bond donors (Lipinski definition) is 2. The molecule has 0 saturated carbocycles. The molecule has 6 nitrogen and oxygen atoms in total. The first-order chi connectivity index (χ1) is 9.93. The maximum Gasteiger partial charge on any atom is 0.337 e. The van der Waals surface area contributed by atoms with Gasteiger partial charge in [-0.05, 0) is 31.0 Å². The standard InChI is InChI=1S/C15H20N2O4/c1-10(17-11(2)18)14(19)16-9-8-12-4-6-13(7-5-12)15(20)21-3/h4-7,10H,8-9H2,1-3H3,(H,16,19)(H,17,18). The zero-order chi connectivity index (χ0) is 15.8. The van der Waals surface area contributed by atoms with Crippen LogP contribution in [-0.2, 0) is 20.7 Å². The lowest BCUT2D eigenvalue weighted by molar-refractivity contribution is -0.127. The summed E-state index contributed by atoms with van der Waals surface area (Å²) < 4.78 is 4.62. The largest absolute Gasteiger partial charge is 0.465 e. The third-order valence-electron chi connectivity index (χ3n) is 2.90. The highest BCUT2D eigenvalue weighted by molar-refractivity contribution is 5.89. The molecule has 1 aromatic rings. The van der Waals surface area contributed by atoms with E-state index in [2.05, 4.69) is 15.4 Å². The molecule has 1 aromatic carbocycles. The fraction of sp³-hybridized carbons (Fsp3) is 0.400. The number of hydrogen-bond acceptors (Lipinski definition) is 4.